The highest BCUT2D eigenvalue weighted by Crippen LogP contribution is 2.18. The maximum absolute atomic E-state index is 12.7. The number of aryl methyl sites for hydroxylation is 2. The Bertz CT molecular complexity index is 780. The van der Waals surface area contributed by atoms with E-state index in [0.717, 1.165) is 11.3 Å². The van der Waals surface area contributed by atoms with Crippen LogP contribution in [0.1, 0.15) is 17.3 Å². The molecule has 8 heteroatoms. The molecule has 2 aromatic heterocycles. The Kier molecular flexibility index (Phi) is 4.13. The molecule has 1 amide bonds. The summed E-state index contributed by atoms with van der Waals surface area (Å²) in [6.45, 7) is 1.85. The van der Waals surface area contributed by atoms with Gasteiger partial charge in [-0.1, -0.05) is 30.3 Å². The molecule has 118 valence electrons. The van der Waals surface area contributed by atoms with Gasteiger partial charge in [0.05, 0.1) is 11.4 Å². The van der Waals surface area contributed by atoms with Crippen LogP contribution in [0.3, 0.4) is 0 Å². The van der Waals surface area contributed by atoms with Gasteiger partial charge in [-0.15, -0.1) is 5.10 Å². The molecule has 0 aliphatic heterocycles. The van der Waals surface area contributed by atoms with Crippen LogP contribution >= 0.6 is 0 Å². The standard InChI is InChI=1S/C15H17N7O/c1-11-13(9-21(2)18-11)17-15(23)14(22-10-16-19-20-22)8-12-6-4-3-5-7-12/h3-7,9-10,14H,8H2,1-2H3,(H,17,23). The fourth-order valence-electron chi connectivity index (χ4n) is 2.39. The Hall–Kier alpha value is -3.03. The molecule has 23 heavy (non-hydrogen) atoms. The maximum Gasteiger partial charge on any atom is 0.249 e. The van der Waals surface area contributed by atoms with Crippen LogP contribution in [-0.4, -0.2) is 35.9 Å². The molecule has 1 atom stereocenters. The van der Waals surface area contributed by atoms with Crippen LogP contribution in [-0.2, 0) is 18.3 Å². The number of nitrogens with one attached hydrogen (secondary N) is 1. The Morgan fingerprint density at radius 2 is 2.09 bits per heavy atom. The molecule has 0 radical (unpaired) electrons. The fourth-order valence-corrected chi connectivity index (χ4v) is 2.39. The first-order valence-corrected chi connectivity index (χ1v) is 7.21. The third-order valence-electron chi connectivity index (χ3n) is 3.53. The van der Waals surface area contributed by atoms with Crippen LogP contribution in [0.15, 0.2) is 42.9 Å². The van der Waals surface area contributed by atoms with Gasteiger partial charge in [0, 0.05) is 19.7 Å². The molecule has 1 unspecified atom stereocenters. The van der Waals surface area contributed by atoms with Crippen LogP contribution < -0.4 is 5.32 Å². The smallest absolute Gasteiger partial charge is 0.249 e. The van der Waals surface area contributed by atoms with Crippen molar-refractivity contribution in [2.75, 3.05) is 5.32 Å². The largest absolute Gasteiger partial charge is 0.321 e. The topological polar surface area (TPSA) is 90.5 Å². The van der Waals surface area contributed by atoms with Crippen molar-refractivity contribution in [2.24, 2.45) is 7.05 Å². The average Bonchev–Trinajstić information content (AvgIpc) is 3.16. The molecule has 3 rings (SSSR count). The van der Waals surface area contributed by atoms with Gasteiger partial charge in [0.2, 0.25) is 5.91 Å². The first kappa shape index (κ1) is 14.9. The summed E-state index contributed by atoms with van der Waals surface area (Å²) in [5.41, 5.74) is 2.48. The molecule has 0 fully saturated rings. The first-order valence-electron chi connectivity index (χ1n) is 7.21. The summed E-state index contributed by atoms with van der Waals surface area (Å²) in [4.78, 5) is 12.7. The van der Waals surface area contributed by atoms with Gasteiger partial charge in [-0.05, 0) is 22.9 Å². The molecule has 3 aromatic rings. The lowest BCUT2D eigenvalue weighted by Gasteiger charge is -2.16. The molecule has 1 aromatic carbocycles. The third-order valence-corrected chi connectivity index (χ3v) is 3.53. The Labute approximate surface area is 133 Å². The number of anilines is 1. The number of hydrogen-bond donors (Lipinski definition) is 1. The lowest BCUT2D eigenvalue weighted by Crippen LogP contribution is -2.28. The average molecular weight is 311 g/mol. The number of benzene rings is 1. The van der Waals surface area contributed by atoms with Crippen molar-refractivity contribution in [3.05, 3.63) is 54.1 Å². The van der Waals surface area contributed by atoms with Crippen molar-refractivity contribution in [3.63, 3.8) is 0 Å². The highest BCUT2D eigenvalue weighted by molar-refractivity contribution is 5.94. The van der Waals surface area contributed by atoms with E-state index in [4.69, 9.17) is 0 Å². The van der Waals surface area contributed by atoms with Crippen molar-refractivity contribution in [1.29, 1.82) is 0 Å². The van der Waals surface area contributed by atoms with Crippen LogP contribution in [0.4, 0.5) is 5.69 Å². The molecule has 0 aliphatic carbocycles. The molecule has 0 spiro atoms. The van der Waals surface area contributed by atoms with E-state index in [9.17, 15) is 4.79 Å². The van der Waals surface area contributed by atoms with Crippen LogP contribution in [0.5, 0.6) is 0 Å². The van der Waals surface area contributed by atoms with Gasteiger partial charge in [-0.2, -0.15) is 5.10 Å². The normalized spacial score (nSPS) is 12.1. The van der Waals surface area contributed by atoms with E-state index in [1.165, 1.54) is 11.0 Å². The molecular weight excluding hydrogens is 294 g/mol. The van der Waals surface area contributed by atoms with Gasteiger partial charge < -0.3 is 5.32 Å². The minimum atomic E-state index is -0.535. The Morgan fingerprint density at radius 1 is 1.30 bits per heavy atom. The van der Waals surface area contributed by atoms with Gasteiger partial charge in [0.25, 0.3) is 0 Å². The summed E-state index contributed by atoms with van der Waals surface area (Å²) < 4.78 is 3.13. The van der Waals surface area contributed by atoms with E-state index in [-0.39, 0.29) is 5.91 Å². The SMILES string of the molecule is Cc1nn(C)cc1NC(=O)C(Cc1ccccc1)n1cnnn1. The minimum absolute atomic E-state index is 0.183. The quantitative estimate of drug-likeness (QED) is 0.763. The highest BCUT2D eigenvalue weighted by atomic mass is 16.2. The molecule has 1 N–H and O–H groups in total. The number of nitrogens with zero attached hydrogens (tertiary/aromatic N) is 6. The number of tetrazole rings is 1. The second kappa shape index (κ2) is 6.39. The van der Waals surface area contributed by atoms with E-state index in [1.54, 1.807) is 10.9 Å². The second-order valence-corrected chi connectivity index (χ2v) is 5.29. The second-order valence-electron chi connectivity index (χ2n) is 5.29. The summed E-state index contributed by atoms with van der Waals surface area (Å²) in [5, 5.41) is 18.3. The number of carbonyl (C=O) groups excluding carboxylic acids is 1. The van der Waals surface area contributed by atoms with Crippen LogP contribution in [0.25, 0.3) is 0 Å². The van der Waals surface area contributed by atoms with Crippen molar-refractivity contribution in [1.82, 2.24) is 30.0 Å². The zero-order chi connectivity index (χ0) is 16.2. The number of carbonyl (C=O) groups is 1. The number of hydrogen-bond acceptors (Lipinski definition) is 5. The third kappa shape index (κ3) is 3.42. The summed E-state index contributed by atoms with van der Waals surface area (Å²) in [6, 6.07) is 9.23. The highest BCUT2D eigenvalue weighted by Gasteiger charge is 2.23. The van der Waals surface area contributed by atoms with Crippen LogP contribution in [0.2, 0.25) is 0 Å². The Balaban J connectivity index is 1.83. The summed E-state index contributed by atoms with van der Waals surface area (Å²) in [7, 11) is 1.81. The number of rotatable bonds is 5. The lowest BCUT2D eigenvalue weighted by atomic mass is 10.1. The number of amides is 1. The fraction of sp³-hybridized carbons (Fsp3) is 0.267. The summed E-state index contributed by atoms with van der Waals surface area (Å²) in [5.74, 6) is -0.183. The Morgan fingerprint density at radius 3 is 2.70 bits per heavy atom. The predicted octanol–water partition coefficient (Wildman–Crippen LogP) is 1.14. The zero-order valence-electron chi connectivity index (χ0n) is 12.9. The molecule has 0 bridgehead atoms. The van der Waals surface area contributed by atoms with E-state index >= 15 is 0 Å². The molecular formula is C15H17N7O. The maximum atomic E-state index is 12.7. The van der Waals surface area contributed by atoms with Gasteiger partial charge in [0.15, 0.2) is 0 Å². The van der Waals surface area contributed by atoms with Crippen molar-refractivity contribution >= 4 is 11.6 Å². The van der Waals surface area contributed by atoms with Gasteiger partial charge >= 0.3 is 0 Å². The van der Waals surface area contributed by atoms with Crippen molar-refractivity contribution < 1.29 is 4.79 Å². The first-order chi connectivity index (χ1) is 11.1. The van der Waals surface area contributed by atoms with Gasteiger partial charge in [0.1, 0.15) is 12.4 Å². The lowest BCUT2D eigenvalue weighted by molar-refractivity contribution is -0.119. The molecule has 2 heterocycles. The van der Waals surface area contributed by atoms with Crippen molar-refractivity contribution in [2.45, 2.75) is 19.4 Å². The monoisotopic (exact) mass is 311 g/mol. The van der Waals surface area contributed by atoms with E-state index < -0.39 is 6.04 Å². The van der Waals surface area contributed by atoms with Crippen molar-refractivity contribution in [3.8, 4) is 0 Å². The van der Waals surface area contributed by atoms with Crippen LogP contribution in [0, 0.1) is 6.92 Å². The molecule has 0 saturated carbocycles. The minimum Gasteiger partial charge on any atom is -0.321 e. The van der Waals surface area contributed by atoms with E-state index in [0.29, 0.717) is 12.1 Å². The number of aromatic nitrogens is 6. The van der Waals surface area contributed by atoms with Gasteiger partial charge in [-0.3, -0.25) is 9.48 Å². The molecule has 0 saturated heterocycles. The van der Waals surface area contributed by atoms with Gasteiger partial charge in [-0.25, -0.2) is 4.68 Å². The summed E-state index contributed by atoms with van der Waals surface area (Å²) in [6.07, 6.45) is 3.71. The predicted molar refractivity (Wildman–Crippen MR) is 83.6 cm³/mol. The summed E-state index contributed by atoms with van der Waals surface area (Å²) >= 11 is 0. The van der Waals surface area contributed by atoms with E-state index in [2.05, 4.69) is 25.9 Å². The zero-order valence-corrected chi connectivity index (χ0v) is 12.9. The molecule has 8 nitrogen and oxygen atoms in total. The van der Waals surface area contributed by atoms with E-state index in [1.807, 2.05) is 44.3 Å². The molecule has 0 aliphatic rings.